The van der Waals surface area contributed by atoms with Crippen molar-refractivity contribution in [2.75, 3.05) is 13.1 Å². The molecule has 0 rings (SSSR count). The maximum Gasteiger partial charge on any atom is 0.227 e. The lowest BCUT2D eigenvalue weighted by Crippen LogP contribution is -2.45. The van der Waals surface area contributed by atoms with Gasteiger partial charge < -0.3 is 10.6 Å². The van der Waals surface area contributed by atoms with Crippen LogP contribution in [-0.4, -0.2) is 29.9 Å². The monoisotopic (exact) mass is 214 g/mol. The number of nitrogens with two attached hydrogens (primary N) is 1. The largest absolute Gasteiger partial charge is 0.340 e. The first-order valence-electron chi connectivity index (χ1n) is 6.00. The Hall–Kier alpha value is -0.570. The molecule has 0 aromatic heterocycles. The minimum absolute atomic E-state index is 0.0288. The fourth-order valence-corrected chi connectivity index (χ4v) is 1.78. The summed E-state index contributed by atoms with van der Waals surface area (Å²) in [5.74, 6) is 0.504. The van der Waals surface area contributed by atoms with Gasteiger partial charge in [0.25, 0.3) is 0 Å². The second kappa shape index (κ2) is 6.83. The number of rotatable bonds is 6. The van der Waals surface area contributed by atoms with Crippen LogP contribution in [0.2, 0.25) is 0 Å². The SMILES string of the molecule is CCC(C)N(CC)C(=O)C(CN)C(C)C. The number of carbonyl (C=O) groups excluding carboxylic acids is 1. The first-order chi connectivity index (χ1) is 6.99. The zero-order valence-electron chi connectivity index (χ0n) is 10.8. The van der Waals surface area contributed by atoms with Crippen molar-refractivity contribution in [3.63, 3.8) is 0 Å². The highest BCUT2D eigenvalue weighted by Gasteiger charge is 2.27. The van der Waals surface area contributed by atoms with E-state index in [1.807, 2.05) is 11.8 Å². The van der Waals surface area contributed by atoms with Crippen LogP contribution in [-0.2, 0) is 4.79 Å². The van der Waals surface area contributed by atoms with Gasteiger partial charge >= 0.3 is 0 Å². The summed E-state index contributed by atoms with van der Waals surface area (Å²) in [6.45, 7) is 11.6. The highest BCUT2D eigenvalue weighted by molar-refractivity contribution is 5.79. The Labute approximate surface area is 94.0 Å². The zero-order chi connectivity index (χ0) is 12.0. The van der Waals surface area contributed by atoms with E-state index >= 15 is 0 Å². The van der Waals surface area contributed by atoms with Gasteiger partial charge in [-0.3, -0.25) is 4.79 Å². The normalized spacial score (nSPS) is 15.1. The second-order valence-corrected chi connectivity index (χ2v) is 4.47. The van der Waals surface area contributed by atoms with Gasteiger partial charge in [0.2, 0.25) is 5.91 Å². The second-order valence-electron chi connectivity index (χ2n) is 4.47. The number of nitrogens with zero attached hydrogens (tertiary/aromatic N) is 1. The summed E-state index contributed by atoms with van der Waals surface area (Å²) in [6, 6.07) is 0.315. The number of amides is 1. The molecule has 15 heavy (non-hydrogen) atoms. The maximum atomic E-state index is 12.2. The summed E-state index contributed by atoms with van der Waals surface area (Å²) in [7, 11) is 0. The van der Waals surface area contributed by atoms with Crippen LogP contribution < -0.4 is 5.73 Å². The Kier molecular flexibility index (Phi) is 6.57. The van der Waals surface area contributed by atoms with Crippen molar-refractivity contribution in [3.05, 3.63) is 0 Å². The van der Waals surface area contributed by atoms with Crippen molar-refractivity contribution in [2.45, 2.75) is 47.1 Å². The third kappa shape index (κ3) is 3.82. The Morgan fingerprint density at radius 3 is 2.07 bits per heavy atom. The maximum absolute atomic E-state index is 12.2. The minimum atomic E-state index is -0.0288. The Morgan fingerprint density at radius 2 is 1.80 bits per heavy atom. The van der Waals surface area contributed by atoms with Crippen molar-refractivity contribution in [2.24, 2.45) is 17.6 Å². The first kappa shape index (κ1) is 14.4. The molecule has 1 amide bonds. The summed E-state index contributed by atoms with van der Waals surface area (Å²) in [6.07, 6.45) is 0.995. The summed E-state index contributed by atoms with van der Waals surface area (Å²) in [5, 5.41) is 0. The predicted molar refractivity (Wildman–Crippen MR) is 64.5 cm³/mol. The predicted octanol–water partition coefficient (Wildman–Crippen LogP) is 1.86. The Morgan fingerprint density at radius 1 is 1.27 bits per heavy atom. The van der Waals surface area contributed by atoms with Gasteiger partial charge in [-0.25, -0.2) is 0 Å². The van der Waals surface area contributed by atoms with Crippen molar-refractivity contribution >= 4 is 5.91 Å². The molecule has 0 saturated heterocycles. The molecule has 0 aliphatic carbocycles. The van der Waals surface area contributed by atoms with Crippen LogP contribution in [0.25, 0.3) is 0 Å². The van der Waals surface area contributed by atoms with Crippen LogP contribution in [0.4, 0.5) is 0 Å². The van der Waals surface area contributed by atoms with Gasteiger partial charge in [-0.1, -0.05) is 20.8 Å². The van der Waals surface area contributed by atoms with E-state index in [9.17, 15) is 4.79 Å². The van der Waals surface area contributed by atoms with E-state index in [-0.39, 0.29) is 11.8 Å². The first-order valence-corrected chi connectivity index (χ1v) is 6.00. The van der Waals surface area contributed by atoms with Crippen molar-refractivity contribution in [1.29, 1.82) is 0 Å². The molecule has 2 N–H and O–H groups in total. The van der Waals surface area contributed by atoms with Gasteiger partial charge in [-0.05, 0) is 26.2 Å². The highest BCUT2D eigenvalue weighted by Crippen LogP contribution is 2.15. The molecule has 0 saturated carbocycles. The molecule has 90 valence electrons. The minimum Gasteiger partial charge on any atom is -0.340 e. The average molecular weight is 214 g/mol. The van der Waals surface area contributed by atoms with Crippen molar-refractivity contribution < 1.29 is 4.79 Å². The fourth-order valence-electron chi connectivity index (χ4n) is 1.78. The zero-order valence-corrected chi connectivity index (χ0v) is 10.8. The molecule has 2 atom stereocenters. The van der Waals surface area contributed by atoms with Gasteiger partial charge in [-0.2, -0.15) is 0 Å². The van der Waals surface area contributed by atoms with E-state index < -0.39 is 0 Å². The van der Waals surface area contributed by atoms with Crippen LogP contribution in [0.5, 0.6) is 0 Å². The standard InChI is InChI=1S/C12H26N2O/c1-6-10(5)14(7-2)12(15)11(8-13)9(3)4/h9-11H,6-8,13H2,1-5H3. The molecular weight excluding hydrogens is 188 g/mol. The molecule has 0 aliphatic rings. The molecule has 2 unspecified atom stereocenters. The summed E-state index contributed by atoms with van der Waals surface area (Å²) < 4.78 is 0. The highest BCUT2D eigenvalue weighted by atomic mass is 16.2. The molecule has 0 radical (unpaired) electrons. The van der Waals surface area contributed by atoms with E-state index in [1.54, 1.807) is 0 Å². The number of carbonyl (C=O) groups is 1. The van der Waals surface area contributed by atoms with E-state index in [2.05, 4.69) is 27.7 Å². The average Bonchev–Trinajstić information content (AvgIpc) is 2.19. The molecule has 0 fully saturated rings. The van der Waals surface area contributed by atoms with E-state index in [0.29, 0.717) is 18.5 Å². The molecule has 0 aromatic carbocycles. The van der Waals surface area contributed by atoms with Gasteiger partial charge in [-0.15, -0.1) is 0 Å². The van der Waals surface area contributed by atoms with Crippen molar-refractivity contribution in [3.8, 4) is 0 Å². The molecule has 0 heterocycles. The molecule has 0 bridgehead atoms. The van der Waals surface area contributed by atoms with E-state index in [4.69, 9.17) is 5.73 Å². The van der Waals surface area contributed by atoms with Gasteiger partial charge in [0.1, 0.15) is 0 Å². The Balaban J connectivity index is 4.62. The molecule has 3 heteroatoms. The third-order valence-corrected chi connectivity index (χ3v) is 3.12. The molecule has 0 aliphatic heterocycles. The van der Waals surface area contributed by atoms with Crippen LogP contribution in [0, 0.1) is 11.8 Å². The Bertz CT molecular complexity index is 192. The lowest BCUT2D eigenvalue weighted by atomic mass is 9.94. The number of hydrogen-bond donors (Lipinski definition) is 1. The van der Waals surface area contributed by atoms with Crippen LogP contribution >= 0.6 is 0 Å². The van der Waals surface area contributed by atoms with Gasteiger partial charge in [0.05, 0.1) is 5.92 Å². The third-order valence-electron chi connectivity index (χ3n) is 3.12. The smallest absolute Gasteiger partial charge is 0.227 e. The van der Waals surface area contributed by atoms with Crippen LogP contribution in [0.15, 0.2) is 0 Å². The molecule has 0 spiro atoms. The number of hydrogen-bond acceptors (Lipinski definition) is 2. The van der Waals surface area contributed by atoms with E-state index in [1.165, 1.54) is 0 Å². The fraction of sp³-hybridized carbons (Fsp3) is 0.917. The summed E-state index contributed by atoms with van der Waals surface area (Å²) >= 11 is 0. The van der Waals surface area contributed by atoms with Crippen molar-refractivity contribution in [1.82, 2.24) is 4.90 Å². The summed E-state index contributed by atoms with van der Waals surface area (Å²) in [4.78, 5) is 14.1. The lowest BCUT2D eigenvalue weighted by molar-refractivity contribution is -0.138. The van der Waals surface area contributed by atoms with E-state index in [0.717, 1.165) is 13.0 Å². The van der Waals surface area contributed by atoms with Gasteiger partial charge in [0, 0.05) is 19.1 Å². The molecular formula is C12H26N2O. The van der Waals surface area contributed by atoms with Gasteiger partial charge in [0.15, 0.2) is 0 Å². The lowest BCUT2D eigenvalue weighted by Gasteiger charge is -2.32. The van der Waals surface area contributed by atoms with Crippen LogP contribution in [0.3, 0.4) is 0 Å². The topological polar surface area (TPSA) is 46.3 Å². The summed E-state index contributed by atoms with van der Waals surface area (Å²) in [5.41, 5.74) is 5.66. The quantitative estimate of drug-likeness (QED) is 0.733. The molecule has 0 aromatic rings. The molecule has 3 nitrogen and oxygen atoms in total. The van der Waals surface area contributed by atoms with Crippen LogP contribution in [0.1, 0.15) is 41.0 Å².